The van der Waals surface area contributed by atoms with E-state index in [1.54, 1.807) is 37.7 Å². The van der Waals surface area contributed by atoms with Gasteiger partial charge in [-0.05, 0) is 17.7 Å². The zero-order chi connectivity index (χ0) is 12.3. The molecule has 0 saturated carbocycles. The highest BCUT2D eigenvalue weighted by Crippen LogP contribution is 2.29. The maximum absolute atomic E-state index is 13.6. The maximum atomic E-state index is 13.6. The standard InChI is InChI=1S/C13H12FNO2/c1-17-13-4-5-15-7-11(13)9-2-3-10(8-16)12(14)6-9/h2-7,16H,8H2,1H3. The maximum Gasteiger partial charge on any atom is 0.129 e. The van der Waals surface area contributed by atoms with Crippen molar-refractivity contribution in [2.75, 3.05) is 7.11 Å². The second-order valence-corrected chi connectivity index (χ2v) is 3.54. The summed E-state index contributed by atoms with van der Waals surface area (Å²) in [7, 11) is 1.55. The molecule has 0 unspecified atom stereocenters. The first kappa shape index (κ1) is 11.5. The van der Waals surface area contributed by atoms with Gasteiger partial charge in [0.1, 0.15) is 11.6 Å². The molecule has 0 spiro atoms. The van der Waals surface area contributed by atoms with Crippen molar-refractivity contribution in [3.8, 4) is 16.9 Å². The van der Waals surface area contributed by atoms with E-state index in [1.165, 1.54) is 6.07 Å². The zero-order valence-corrected chi connectivity index (χ0v) is 9.35. The summed E-state index contributed by atoms with van der Waals surface area (Å²) in [5, 5.41) is 8.90. The Morgan fingerprint density at radius 1 is 1.35 bits per heavy atom. The Morgan fingerprint density at radius 3 is 2.82 bits per heavy atom. The van der Waals surface area contributed by atoms with E-state index >= 15 is 0 Å². The second-order valence-electron chi connectivity index (χ2n) is 3.54. The highest BCUT2D eigenvalue weighted by Gasteiger charge is 2.08. The van der Waals surface area contributed by atoms with E-state index in [4.69, 9.17) is 9.84 Å². The fraction of sp³-hybridized carbons (Fsp3) is 0.154. The van der Waals surface area contributed by atoms with Gasteiger partial charge >= 0.3 is 0 Å². The van der Waals surface area contributed by atoms with E-state index in [-0.39, 0.29) is 12.2 Å². The number of methoxy groups -OCH3 is 1. The van der Waals surface area contributed by atoms with Crippen LogP contribution in [0.25, 0.3) is 11.1 Å². The van der Waals surface area contributed by atoms with Gasteiger partial charge in [0.15, 0.2) is 0 Å². The minimum Gasteiger partial charge on any atom is -0.496 e. The number of hydrogen-bond acceptors (Lipinski definition) is 3. The summed E-state index contributed by atoms with van der Waals surface area (Å²) < 4.78 is 18.7. The average molecular weight is 233 g/mol. The molecule has 0 bridgehead atoms. The summed E-state index contributed by atoms with van der Waals surface area (Å²) in [6.45, 7) is -0.309. The molecule has 0 saturated heterocycles. The highest BCUT2D eigenvalue weighted by atomic mass is 19.1. The fourth-order valence-corrected chi connectivity index (χ4v) is 1.62. The molecule has 1 aromatic heterocycles. The molecule has 3 nitrogen and oxygen atoms in total. The summed E-state index contributed by atoms with van der Waals surface area (Å²) in [4.78, 5) is 3.99. The van der Waals surface area contributed by atoms with Gasteiger partial charge in [-0.2, -0.15) is 0 Å². The Morgan fingerprint density at radius 2 is 2.18 bits per heavy atom. The van der Waals surface area contributed by atoms with E-state index in [0.717, 1.165) is 5.56 Å². The van der Waals surface area contributed by atoms with E-state index in [0.29, 0.717) is 11.3 Å². The molecule has 0 aliphatic heterocycles. The van der Waals surface area contributed by atoms with Crippen LogP contribution >= 0.6 is 0 Å². The summed E-state index contributed by atoms with van der Waals surface area (Å²) in [5.74, 6) is 0.201. The molecule has 0 aliphatic rings. The lowest BCUT2D eigenvalue weighted by molar-refractivity contribution is 0.276. The van der Waals surface area contributed by atoms with Crippen LogP contribution in [0.5, 0.6) is 5.75 Å². The van der Waals surface area contributed by atoms with Gasteiger partial charge in [0.05, 0.1) is 13.7 Å². The summed E-state index contributed by atoms with van der Waals surface area (Å²) in [6, 6.07) is 6.36. The topological polar surface area (TPSA) is 42.4 Å². The molecule has 0 atom stereocenters. The van der Waals surface area contributed by atoms with Crippen LogP contribution in [0.4, 0.5) is 4.39 Å². The van der Waals surface area contributed by atoms with Gasteiger partial charge < -0.3 is 9.84 Å². The Bertz CT molecular complexity index is 529. The van der Waals surface area contributed by atoms with Gasteiger partial charge in [0.2, 0.25) is 0 Å². The van der Waals surface area contributed by atoms with Crippen LogP contribution in [-0.2, 0) is 6.61 Å². The molecule has 4 heteroatoms. The molecule has 2 aromatic rings. The van der Waals surface area contributed by atoms with Crippen molar-refractivity contribution >= 4 is 0 Å². The first-order valence-corrected chi connectivity index (χ1v) is 5.14. The Labute approximate surface area is 98.5 Å². The summed E-state index contributed by atoms with van der Waals surface area (Å²) in [5.41, 5.74) is 1.67. The molecular weight excluding hydrogens is 221 g/mol. The first-order valence-electron chi connectivity index (χ1n) is 5.14. The third-order valence-corrected chi connectivity index (χ3v) is 2.54. The predicted molar refractivity (Wildman–Crippen MR) is 62.1 cm³/mol. The lowest BCUT2D eigenvalue weighted by atomic mass is 10.0. The summed E-state index contributed by atoms with van der Waals surface area (Å²) in [6.07, 6.45) is 3.23. The normalized spacial score (nSPS) is 10.3. The molecule has 0 aliphatic carbocycles. The molecule has 1 heterocycles. The van der Waals surface area contributed by atoms with Crippen LogP contribution in [0, 0.1) is 5.82 Å². The monoisotopic (exact) mass is 233 g/mol. The largest absolute Gasteiger partial charge is 0.496 e. The number of nitrogens with zero attached hydrogens (tertiary/aromatic N) is 1. The van der Waals surface area contributed by atoms with Crippen molar-refractivity contribution in [2.24, 2.45) is 0 Å². The number of benzene rings is 1. The van der Waals surface area contributed by atoms with Crippen LogP contribution in [0.15, 0.2) is 36.7 Å². The first-order chi connectivity index (χ1) is 8.26. The minimum atomic E-state index is -0.434. The van der Waals surface area contributed by atoms with Gasteiger partial charge in [-0.15, -0.1) is 0 Å². The molecule has 1 N–H and O–H groups in total. The molecule has 88 valence electrons. The molecule has 0 fully saturated rings. The lowest BCUT2D eigenvalue weighted by Gasteiger charge is -2.08. The molecular formula is C13H12FNO2. The van der Waals surface area contributed by atoms with Crippen LogP contribution < -0.4 is 4.74 Å². The third-order valence-electron chi connectivity index (χ3n) is 2.54. The van der Waals surface area contributed by atoms with Crippen LogP contribution in [0.2, 0.25) is 0 Å². The number of rotatable bonds is 3. The Balaban J connectivity index is 2.49. The average Bonchev–Trinajstić information content (AvgIpc) is 2.38. The smallest absolute Gasteiger partial charge is 0.129 e. The molecule has 17 heavy (non-hydrogen) atoms. The van der Waals surface area contributed by atoms with Gasteiger partial charge in [-0.3, -0.25) is 4.98 Å². The summed E-state index contributed by atoms with van der Waals surface area (Å²) >= 11 is 0. The number of pyridine rings is 1. The highest BCUT2D eigenvalue weighted by molar-refractivity contribution is 5.69. The Hall–Kier alpha value is -1.94. The lowest BCUT2D eigenvalue weighted by Crippen LogP contribution is -1.93. The second kappa shape index (κ2) is 4.93. The van der Waals surface area contributed by atoms with Gasteiger partial charge in [-0.1, -0.05) is 12.1 Å². The van der Waals surface area contributed by atoms with Crippen LogP contribution in [0.3, 0.4) is 0 Å². The van der Waals surface area contributed by atoms with Gasteiger partial charge in [0.25, 0.3) is 0 Å². The van der Waals surface area contributed by atoms with Crippen LogP contribution in [-0.4, -0.2) is 17.2 Å². The van der Waals surface area contributed by atoms with Crippen molar-refractivity contribution in [2.45, 2.75) is 6.61 Å². The number of aromatic nitrogens is 1. The number of hydrogen-bond donors (Lipinski definition) is 1. The van der Waals surface area contributed by atoms with E-state index in [9.17, 15) is 4.39 Å². The van der Waals surface area contributed by atoms with Gasteiger partial charge in [0, 0.05) is 23.5 Å². The van der Waals surface area contributed by atoms with E-state index in [2.05, 4.69) is 4.98 Å². The van der Waals surface area contributed by atoms with Crippen molar-refractivity contribution in [1.29, 1.82) is 0 Å². The minimum absolute atomic E-state index is 0.275. The molecule has 2 rings (SSSR count). The molecule has 1 aromatic carbocycles. The molecule has 0 radical (unpaired) electrons. The predicted octanol–water partition coefficient (Wildman–Crippen LogP) is 2.39. The van der Waals surface area contributed by atoms with Crippen molar-refractivity contribution in [3.63, 3.8) is 0 Å². The number of aliphatic hydroxyl groups excluding tert-OH is 1. The zero-order valence-electron chi connectivity index (χ0n) is 9.35. The quantitative estimate of drug-likeness (QED) is 0.885. The van der Waals surface area contributed by atoms with Crippen LogP contribution in [0.1, 0.15) is 5.56 Å². The van der Waals surface area contributed by atoms with Crippen molar-refractivity contribution < 1.29 is 14.2 Å². The molecule has 0 amide bonds. The third kappa shape index (κ3) is 2.26. The van der Waals surface area contributed by atoms with Crippen molar-refractivity contribution in [3.05, 3.63) is 48.0 Å². The van der Waals surface area contributed by atoms with E-state index in [1.807, 2.05) is 0 Å². The number of halogens is 1. The Kier molecular flexibility index (Phi) is 3.35. The fourth-order valence-electron chi connectivity index (χ4n) is 1.62. The van der Waals surface area contributed by atoms with Crippen molar-refractivity contribution in [1.82, 2.24) is 4.98 Å². The number of ether oxygens (including phenoxy) is 1. The number of aliphatic hydroxyl groups is 1. The van der Waals surface area contributed by atoms with Gasteiger partial charge in [-0.25, -0.2) is 4.39 Å². The van der Waals surface area contributed by atoms with E-state index < -0.39 is 5.82 Å². The SMILES string of the molecule is COc1ccncc1-c1ccc(CO)c(F)c1.